The number of aliphatic imine (C=N–C) groups is 1. The Morgan fingerprint density at radius 3 is 2.88 bits per heavy atom. The van der Waals surface area contributed by atoms with E-state index in [1.54, 1.807) is 13.0 Å². The van der Waals surface area contributed by atoms with E-state index >= 15 is 0 Å². The van der Waals surface area contributed by atoms with Crippen molar-refractivity contribution in [3.63, 3.8) is 0 Å². The molecule has 0 amide bonds. The third-order valence-electron chi connectivity index (χ3n) is 3.74. The zero-order valence-corrected chi connectivity index (χ0v) is 13.7. The predicted octanol–water partition coefficient (Wildman–Crippen LogP) is 1.56. The number of aromatic nitrogens is 2. The first kappa shape index (κ1) is 16.7. The maximum atomic E-state index is 12.3. The molecule has 0 spiro atoms. The number of rotatable bonds is 4. The van der Waals surface area contributed by atoms with Gasteiger partial charge in [-0.2, -0.15) is 0 Å². The van der Waals surface area contributed by atoms with Gasteiger partial charge in [0.05, 0.1) is 30.1 Å². The Bertz CT molecular complexity index is 1000. The van der Waals surface area contributed by atoms with Gasteiger partial charge in [0.2, 0.25) is 0 Å². The lowest BCUT2D eigenvalue weighted by Gasteiger charge is -2.13. The number of aliphatic hydroxyl groups excluding tert-OH is 1. The van der Waals surface area contributed by atoms with Crippen molar-refractivity contribution < 1.29 is 19.7 Å². The van der Waals surface area contributed by atoms with Crippen molar-refractivity contribution in [3.8, 4) is 0 Å². The molecule has 3 aromatic rings. The Kier molecular flexibility index (Phi) is 4.49. The van der Waals surface area contributed by atoms with Gasteiger partial charge in [0.25, 0.3) is 0 Å². The summed E-state index contributed by atoms with van der Waals surface area (Å²) in [6.07, 6.45) is 1.24. The number of ether oxygens (including phenoxy) is 1. The van der Waals surface area contributed by atoms with Crippen LogP contribution in [0.2, 0.25) is 0 Å². The number of aliphatic hydroxyl groups is 1. The van der Waals surface area contributed by atoms with Crippen molar-refractivity contribution in [2.24, 2.45) is 4.99 Å². The first-order valence-corrected chi connectivity index (χ1v) is 7.60. The lowest BCUT2D eigenvalue weighted by atomic mass is 10.1. The summed E-state index contributed by atoms with van der Waals surface area (Å²) in [7, 11) is 1.23. The van der Waals surface area contributed by atoms with Gasteiger partial charge in [0.1, 0.15) is 0 Å². The fraction of sp³-hybridized carbons (Fsp3) is 0.167. The van der Waals surface area contributed by atoms with Crippen LogP contribution in [-0.4, -0.2) is 34.1 Å². The van der Waals surface area contributed by atoms with Crippen LogP contribution in [0.15, 0.2) is 47.6 Å². The van der Waals surface area contributed by atoms with Crippen LogP contribution in [-0.2, 0) is 9.53 Å². The Balaban J connectivity index is 2.16. The molecule has 128 valence electrons. The molecule has 0 bridgehead atoms. The molecule has 0 aliphatic rings. The molecule has 7 heteroatoms. The van der Waals surface area contributed by atoms with Gasteiger partial charge in [0.15, 0.2) is 0 Å². The third kappa shape index (κ3) is 3.22. The molecule has 0 fully saturated rings. The van der Waals surface area contributed by atoms with E-state index in [1.807, 2.05) is 24.3 Å². The number of nitrogens with one attached hydrogen (secondary N) is 1. The molecule has 1 unspecified atom stereocenters. The molecule has 3 rings (SSSR count). The highest BCUT2D eigenvalue weighted by atomic mass is 16.5. The molecule has 1 atom stereocenters. The normalized spacial score (nSPS) is 13.6. The molecule has 25 heavy (non-hydrogen) atoms. The van der Waals surface area contributed by atoms with Crippen molar-refractivity contribution in [2.75, 3.05) is 7.11 Å². The van der Waals surface area contributed by atoms with Gasteiger partial charge in [-0.05, 0) is 19.1 Å². The monoisotopic (exact) mass is 338 g/mol. The largest absolute Gasteiger partial charge is 0.857 e. The number of benzene rings is 1. The number of H-pyrrole nitrogens is 1. The van der Waals surface area contributed by atoms with Crippen LogP contribution in [0.5, 0.6) is 0 Å². The quantitative estimate of drug-likeness (QED) is 0.325. The van der Waals surface area contributed by atoms with Gasteiger partial charge in [-0.3, -0.25) is 4.99 Å². The van der Waals surface area contributed by atoms with Crippen molar-refractivity contribution in [1.29, 1.82) is 0 Å². The van der Waals surface area contributed by atoms with E-state index in [-0.39, 0.29) is 5.69 Å². The molecule has 0 aliphatic heterocycles. The Morgan fingerprint density at radius 2 is 2.16 bits per heavy atom. The van der Waals surface area contributed by atoms with Crippen LogP contribution in [0.3, 0.4) is 0 Å². The summed E-state index contributed by atoms with van der Waals surface area (Å²) in [6, 6.07) is 9.24. The number of fused-ring (bicyclic) bond motifs is 3. The Labute approximate surface area is 143 Å². The minimum atomic E-state index is -0.867. The Morgan fingerprint density at radius 1 is 1.40 bits per heavy atom. The number of aromatic amines is 1. The first-order chi connectivity index (χ1) is 12.0. The average molecular weight is 338 g/mol. The van der Waals surface area contributed by atoms with Crippen molar-refractivity contribution in [1.82, 2.24) is 9.97 Å². The molecule has 2 heterocycles. The van der Waals surface area contributed by atoms with Crippen LogP contribution in [0.1, 0.15) is 24.4 Å². The number of hydrogen-bond donors (Lipinski definition) is 2. The SMILES string of the molecule is COC(=O)C=CN=C([O-])c1cc2c([nH]c3ccccc32)c(C(C)O)n1. The number of para-hydroxylation sites is 1. The molecule has 2 aromatic heterocycles. The maximum Gasteiger partial charge on any atom is 0.332 e. The molecule has 0 saturated heterocycles. The Hall–Kier alpha value is -3.19. The zero-order chi connectivity index (χ0) is 18.0. The topological polar surface area (TPSA) is 111 Å². The van der Waals surface area contributed by atoms with Gasteiger partial charge in [0, 0.05) is 34.5 Å². The second-order valence-corrected chi connectivity index (χ2v) is 5.44. The predicted molar refractivity (Wildman–Crippen MR) is 91.9 cm³/mol. The minimum Gasteiger partial charge on any atom is -0.857 e. The maximum absolute atomic E-state index is 12.3. The van der Waals surface area contributed by atoms with E-state index in [1.165, 1.54) is 7.11 Å². The summed E-state index contributed by atoms with van der Waals surface area (Å²) >= 11 is 0. The molecular formula is C18H16N3O4-. The summed E-state index contributed by atoms with van der Waals surface area (Å²) in [5, 5.41) is 24.0. The van der Waals surface area contributed by atoms with Crippen LogP contribution in [0, 0.1) is 0 Å². The number of methoxy groups -OCH3 is 1. The first-order valence-electron chi connectivity index (χ1n) is 7.60. The van der Waals surface area contributed by atoms with Crippen molar-refractivity contribution >= 4 is 33.7 Å². The van der Waals surface area contributed by atoms with Gasteiger partial charge in [-0.25, -0.2) is 9.78 Å². The van der Waals surface area contributed by atoms with E-state index in [9.17, 15) is 15.0 Å². The second kappa shape index (κ2) is 6.74. The number of nitrogens with zero attached hydrogens (tertiary/aromatic N) is 2. The van der Waals surface area contributed by atoms with Gasteiger partial charge >= 0.3 is 5.97 Å². The lowest BCUT2D eigenvalue weighted by Crippen LogP contribution is -2.21. The molecule has 7 nitrogen and oxygen atoms in total. The fourth-order valence-corrected chi connectivity index (χ4v) is 2.58. The lowest BCUT2D eigenvalue weighted by molar-refractivity contribution is -0.213. The summed E-state index contributed by atoms with van der Waals surface area (Å²) < 4.78 is 4.43. The highest BCUT2D eigenvalue weighted by Gasteiger charge is 2.15. The number of esters is 1. The average Bonchev–Trinajstić information content (AvgIpc) is 2.99. The highest BCUT2D eigenvalue weighted by molar-refractivity contribution is 6.09. The summed E-state index contributed by atoms with van der Waals surface area (Å²) in [5.41, 5.74) is 2.01. The minimum absolute atomic E-state index is 0.0858. The van der Waals surface area contributed by atoms with Gasteiger partial charge in [-0.1, -0.05) is 18.2 Å². The summed E-state index contributed by atoms with van der Waals surface area (Å²) in [6.45, 7) is 1.58. The fourth-order valence-electron chi connectivity index (χ4n) is 2.58. The van der Waals surface area contributed by atoms with Crippen LogP contribution in [0.25, 0.3) is 21.8 Å². The van der Waals surface area contributed by atoms with E-state index in [4.69, 9.17) is 0 Å². The van der Waals surface area contributed by atoms with E-state index in [0.29, 0.717) is 11.2 Å². The molecular weight excluding hydrogens is 322 g/mol. The van der Waals surface area contributed by atoms with Crippen LogP contribution in [0.4, 0.5) is 0 Å². The van der Waals surface area contributed by atoms with Crippen LogP contribution >= 0.6 is 0 Å². The summed E-state index contributed by atoms with van der Waals surface area (Å²) in [4.78, 5) is 22.2. The van der Waals surface area contributed by atoms with Crippen molar-refractivity contribution in [3.05, 3.63) is 54.0 Å². The molecule has 0 radical (unpaired) electrons. The second-order valence-electron chi connectivity index (χ2n) is 5.44. The third-order valence-corrected chi connectivity index (χ3v) is 3.74. The summed E-state index contributed by atoms with van der Waals surface area (Å²) in [5.74, 6) is -1.23. The van der Waals surface area contributed by atoms with Crippen LogP contribution < -0.4 is 5.11 Å². The molecule has 1 aromatic carbocycles. The van der Waals surface area contributed by atoms with Crippen molar-refractivity contribution in [2.45, 2.75) is 13.0 Å². The zero-order valence-electron chi connectivity index (χ0n) is 13.7. The number of pyridine rings is 1. The van der Waals surface area contributed by atoms with Gasteiger partial charge in [-0.15, -0.1) is 0 Å². The van der Waals surface area contributed by atoms with E-state index < -0.39 is 18.0 Å². The smallest absolute Gasteiger partial charge is 0.332 e. The molecule has 0 aliphatic carbocycles. The number of hydrogen-bond acceptors (Lipinski definition) is 6. The number of carbonyl (C=O) groups is 1. The van der Waals surface area contributed by atoms with E-state index in [2.05, 4.69) is 19.7 Å². The van der Waals surface area contributed by atoms with E-state index in [0.717, 1.165) is 28.6 Å². The molecule has 2 N–H and O–H groups in total. The van der Waals surface area contributed by atoms with Gasteiger partial charge < -0.3 is 19.9 Å². The molecule has 0 saturated carbocycles. The highest BCUT2D eigenvalue weighted by Crippen LogP contribution is 2.30. The number of carbonyl (C=O) groups excluding carboxylic acids is 1. The standard InChI is InChI=1S/C18H17N3O4/c1-10(22)16-17-12(11-5-3-4-6-13(11)20-17)9-14(21-16)18(24)19-8-7-15(23)25-2/h3-10,20,22H,1-2H3,(H,19,24)/p-1.